The number of rotatable bonds is 5. The van der Waals surface area contributed by atoms with E-state index in [1.165, 1.54) is 11.9 Å². The third-order valence-corrected chi connectivity index (χ3v) is 3.63. The number of hydrogen-bond acceptors (Lipinski definition) is 4. The molecule has 1 aromatic rings. The van der Waals surface area contributed by atoms with Crippen molar-refractivity contribution in [1.29, 1.82) is 0 Å². The molecule has 114 valence electrons. The number of imide groups is 1. The second kappa shape index (κ2) is 6.07. The van der Waals surface area contributed by atoms with Crippen LogP contribution in [0.4, 0.5) is 0 Å². The highest BCUT2D eigenvalue weighted by atomic mass is 16.2. The summed E-state index contributed by atoms with van der Waals surface area (Å²) < 4.78 is 1.63. The van der Waals surface area contributed by atoms with Gasteiger partial charge in [-0.3, -0.25) is 24.0 Å². The zero-order valence-corrected chi connectivity index (χ0v) is 12.6. The predicted octanol–water partition coefficient (Wildman–Crippen LogP) is -0.0415. The highest BCUT2D eigenvalue weighted by Crippen LogP contribution is 2.19. The van der Waals surface area contributed by atoms with Crippen molar-refractivity contribution in [3.05, 3.63) is 18.0 Å². The van der Waals surface area contributed by atoms with Crippen LogP contribution >= 0.6 is 0 Å². The van der Waals surface area contributed by atoms with Gasteiger partial charge in [0.15, 0.2) is 0 Å². The zero-order valence-electron chi connectivity index (χ0n) is 12.6. The first kappa shape index (κ1) is 15.2. The molecular formula is C14H20N4O3. The summed E-state index contributed by atoms with van der Waals surface area (Å²) in [7, 11) is 3.24. The van der Waals surface area contributed by atoms with Crippen molar-refractivity contribution in [3.63, 3.8) is 0 Å². The average Bonchev–Trinajstić information content (AvgIpc) is 2.95. The molecule has 21 heavy (non-hydrogen) atoms. The van der Waals surface area contributed by atoms with Crippen molar-refractivity contribution in [1.82, 2.24) is 19.6 Å². The van der Waals surface area contributed by atoms with Gasteiger partial charge in [-0.1, -0.05) is 6.92 Å². The molecule has 1 fully saturated rings. The molecule has 0 aliphatic carbocycles. The van der Waals surface area contributed by atoms with Crippen LogP contribution in [-0.2, 0) is 27.9 Å². The lowest BCUT2D eigenvalue weighted by atomic mass is 10.1. The van der Waals surface area contributed by atoms with Crippen molar-refractivity contribution in [2.45, 2.75) is 32.2 Å². The minimum absolute atomic E-state index is 0.0775. The molecule has 0 unspecified atom stereocenters. The molecule has 0 N–H and O–H groups in total. The molecule has 0 saturated carbocycles. The third kappa shape index (κ3) is 3.12. The van der Waals surface area contributed by atoms with Crippen molar-refractivity contribution in [3.8, 4) is 0 Å². The first-order valence-electron chi connectivity index (χ1n) is 7.01. The smallest absolute Gasteiger partial charge is 0.252 e. The van der Waals surface area contributed by atoms with Crippen molar-refractivity contribution in [2.24, 2.45) is 7.05 Å². The summed E-state index contributed by atoms with van der Waals surface area (Å²) in [5, 5.41) is 4.03. The fourth-order valence-electron chi connectivity index (χ4n) is 2.51. The van der Waals surface area contributed by atoms with Gasteiger partial charge in [-0.2, -0.15) is 5.10 Å². The minimum Gasteiger partial charge on any atom is -0.330 e. The van der Waals surface area contributed by atoms with E-state index in [1.54, 1.807) is 24.1 Å². The van der Waals surface area contributed by atoms with Crippen LogP contribution < -0.4 is 0 Å². The second-order valence-electron chi connectivity index (χ2n) is 5.30. The molecule has 7 nitrogen and oxygen atoms in total. The van der Waals surface area contributed by atoms with E-state index in [2.05, 4.69) is 5.10 Å². The molecule has 1 aromatic heterocycles. The number of aromatic nitrogens is 2. The Labute approximate surface area is 123 Å². The Hall–Kier alpha value is -2.18. The van der Waals surface area contributed by atoms with E-state index in [9.17, 15) is 14.4 Å². The van der Waals surface area contributed by atoms with E-state index in [-0.39, 0.29) is 30.6 Å². The Morgan fingerprint density at radius 3 is 2.62 bits per heavy atom. The number of likely N-dealkylation sites (N-methyl/N-ethyl adjacent to an activating group) is 1. The van der Waals surface area contributed by atoms with Gasteiger partial charge in [0.2, 0.25) is 11.8 Å². The zero-order chi connectivity index (χ0) is 15.6. The number of carbonyl (C=O) groups excluding carboxylic acids is 3. The molecule has 0 radical (unpaired) electrons. The highest BCUT2D eigenvalue weighted by molar-refractivity contribution is 6.06. The second-order valence-corrected chi connectivity index (χ2v) is 5.30. The summed E-state index contributed by atoms with van der Waals surface area (Å²) in [5.41, 5.74) is 0.800. The van der Waals surface area contributed by atoms with E-state index in [1.807, 2.05) is 6.92 Å². The van der Waals surface area contributed by atoms with Crippen LogP contribution in [0.5, 0.6) is 0 Å². The van der Waals surface area contributed by atoms with Gasteiger partial charge >= 0.3 is 0 Å². The summed E-state index contributed by atoms with van der Waals surface area (Å²) in [4.78, 5) is 38.8. The highest BCUT2D eigenvalue weighted by Gasteiger charge is 2.41. The van der Waals surface area contributed by atoms with Gasteiger partial charge in [0.05, 0.1) is 19.0 Å². The lowest BCUT2D eigenvalue weighted by Crippen LogP contribution is -2.45. The van der Waals surface area contributed by atoms with Gasteiger partial charge in [0.25, 0.3) is 5.91 Å². The number of hydrogen-bond donors (Lipinski definition) is 0. The van der Waals surface area contributed by atoms with Gasteiger partial charge in [0, 0.05) is 26.8 Å². The largest absolute Gasteiger partial charge is 0.330 e. The molecule has 2 rings (SSSR count). The monoisotopic (exact) mass is 292 g/mol. The summed E-state index contributed by atoms with van der Waals surface area (Å²) in [6, 6.07) is -0.661. The minimum atomic E-state index is -0.661. The van der Waals surface area contributed by atoms with Crippen molar-refractivity contribution >= 4 is 17.7 Å². The normalized spacial score (nSPS) is 18.4. The summed E-state index contributed by atoms with van der Waals surface area (Å²) >= 11 is 0. The fourth-order valence-corrected chi connectivity index (χ4v) is 2.51. The number of amides is 3. The molecule has 2 heterocycles. The van der Waals surface area contributed by atoms with Crippen molar-refractivity contribution in [2.75, 3.05) is 13.6 Å². The molecule has 0 spiro atoms. The van der Waals surface area contributed by atoms with Crippen molar-refractivity contribution < 1.29 is 14.4 Å². The quantitative estimate of drug-likeness (QED) is 0.714. The molecule has 0 aromatic carbocycles. The molecule has 1 saturated heterocycles. The predicted molar refractivity (Wildman–Crippen MR) is 75.1 cm³/mol. The maximum absolute atomic E-state index is 12.5. The Balaban J connectivity index is 2.13. The molecule has 7 heteroatoms. The standard InChI is InChI=1S/C14H20N4O3/c1-4-5-18(11-7-12(19)17(3)14(11)21)13(20)6-10-8-15-16(2)9-10/h8-9,11H,4-7H2,1-3H3/t11-/m1/s1. The van der Waals surface area contributed by atoms with Crippen LogP contribution in [0, 0.1) is 0 Å². The Bertz CT molecular complexity index is 566. The third-order valence-electron chi connectivity index (χ3n) is 3.63. The lowest BCUT2D eigenvalue weighted by Gasteiger charge is -2.26. The van der Waals surface area contributed by atoms with Gasteiger partial charge in [-0.05, 0) is 12.0 Å². The van der Waals surface area contributed by atoms with Crippen LogP contribution in [0.2, 0.25) is 0 Å². The SMILES string of the molecule is CCCN(C(=O)Cc1cnn(C)c1)[C@@H]1CC(=O)N(C)C1=O. The van der Waals surface area contributed by atoms with Crippen LogP contribution in [0.1, 0.15) is 25.3 Å². The fraction of sp³-hybridized carbons (Fsp3) is 0.571. The first-order chi connectivity index (χ1) is 9.93. The molecular weight excluding hydrogens is 272 g/mol. The topological polar surface area (TPSA) is 75.5 Å². The van der Waals surface area contributed by atoms with Gasteiger partial charge in [-0.25, -0.2) is 0 Å². The average molecular weight is 292 g/mol. The lowest BCUT2D eigenvalue weighted by molar-refractivity contribution is -0.143. The van der Waals surface area contributed by atoms with E-state index in [0.29, 0.717) is 6.54 Å². The summed E-state index contributed by atoms with van der Waals surface area (Å²) in [5.74, 6) is -0.681. The van der Waals surface area contributed by atoms with Crippen LogP contribution in [0.15, 0.2) is 12.4 Å². The Kier molecular flexibility index (Phi) is 4.40. The Morgan fingerprint density at radius 1 is 1.43 bits per heavy atom. The molecule has 3 amide bonds. The summed E-state index contributed by atoms with van der Waals surface area (Å²) in [6.45, 7) is 2.41. The number of likely N-dealkylation sites (tertiary alicyclic amines) is 1. The molecule has 1 atom stereocenters. The molecule has 1 aliphatic heterocycles. The molecule has 0 bridgehead atoms. The summed E-state index contributed by atoms with van der Waals surface area (Å²) in [6.07, 6.45) is 4.41. The van der Waals surface area contributed by atoms with Gasteiger partial charge in [-0.15, -0.1) is 0 Å². The number of carbonyl (C=O) groups is 3. The maximum Gasteiger partial charge on any atom is 0.252 e. The van der Waals surface area contributed by atoms with E-state index < -0.39 is 6.04 Å². The first-order valence-corrected chi connectivity index (χ1v) is 7.01. The Morgan fingerprint density at radius 2 is 2.14 bits per heavy atom. The van der Waals surface area contributed by atoms with E-state index in [4.69, 9.17) is 0 Å². The number of nitrogens with zero attached hydrogens (tertiary/aromatic N) is 4. The van der Waals surface area contributed by atoms with Crippen LogP contribution in [0.25, 0.3) is 0 Å². The van der Waals surface area contributed by atoms with Gasteiger partial charge < -0.3 is 4.90 Å². The maximum atomic E-state index is 12.5. The van der Waals surface area contributed by atoms with E-state index >= 15 is 0 Å². The van der Waals surface area contributed by atoms with Gasteiger partial charge in [0.1, 0.15) is 6.04 Å². The van der Waals surface area contributed by atoms with E-state index in [0.717, 1.165) is 16.9 Å². The number of aryl methyl sites for hydroxylation is 1. The van der Waals surface area contributed by atoms with Crippen LogP contribution in [-0.4, -0.2) is 56.9 Å². The van der Waals surface area contributed by atoms with Crippen LogP contribution in [0.3, 0.4) is 0 Å². The molecule has 1 aliphatic rings.